The maximum absolute atomic E-state index is 12.1. The highest BCUT2D eigenvalue weighted by Crippen LogP contribution is 2.37. The van der Waals surface area contributed by atoms with Crippen LogP contribution in [0.15, 0.2) is 16.8 Å². The normalized spacial score (nSPS) is 13.1. The fraction of sp³-hybridized carbons (Fsp3) is 0.389. The molecule has 0 aromatic carbocycles. The number of aryl methyl sites for hydroxylation is 2. The highest BCUT2D eigenvalue weighted by molar-refractivity contribution is 7.17. The molecule has 0 saturated carbocycles. The zero-order valence-corrected chi connectivity index (χ0v) is 15.8. The van der Waals surface area contributed by atoms with Crippen LogP contribution in [-0.4, -0.2) is 24.4 Å². The highest BCUT2D eigenvalue weighted by Gasteiger charge is 2.25. The van der Waals surface area contributed by atoms with Crippen LogP contribution >= 0.6 is 22.7 Å². The van der Waals surface area contributed by atoms with Crippen molar-refractivity contribution < 1.29 is 19.1 Å². The van der Waals surface area contributed by atoms with Gasteiger partial charge < -0.3 is 15.8 Å². The van der Waals surface area contributed by atoms with Crippen molar-refractivity contribution in [2.45, 2.75) is 38.5 Å². The molecular weight excluding hydrogens is 372 g/mol. The average molecular weight is 393 g/mol. The number of anilines is 1. The van der Waals surface area contributed by atoms with E-state index >= 15 is 0 Å². The molecule has 0 spiro atoms. The summed E-state index contributed by atoms with van der Waals surface area (Å²) < 4.78 is 5.02. The number of nitrogens with two attached hydrogens (primary N) is 1. The topological polar surface area (TPSA) is 98.5 Å². The summed E-state index contributed by atoms with van der Waals surface area (Å²) in [5, 5.41) is 7.06. The maximum Gasteiger partial charge on any atom is 0.306 e. The summed E-state index contributed by atoms with van der Waals surface area (Å²) in [6.07, 6.45) is 4.60. The number of rotatable bonds is 7. The van der Waals surface area contributed by atoms with Crippen LogP contribution in [-0.2, 0) is 33.6 Å². The predicted molar refractivity (Wildman–Crippen MR) is 102 cm³/mol. The summed E-state index contributed by atoms with van der Waals surface area (Å²) in [7, 11) is 0. The van der Waals surface area contributed by atoms with Crippen LogP contribution in [0.2, 0.25) is 0 Å². The van der Waals surface area contributed by atoms with Crippen molar-refractivity contribution in [2.24, 2.45) is 5.73 Å². The van der Waals surface area contributed by atoms with Gasteiger partial charge >= 0.3 is 5.97 Å². The summed E-state index contributed by atoms with van der Waals surface area (Å²) in [6, 6.07) is 1.95. The monoisotopic (exact) mass is 392 g/mol. The molecule has 0 unspecified atom stereocenters. The van der Waals surface area contributed by atoms with E-state index in [1.54, 1.807) is 11.3 Å². The summed E-state index contributed by atoms with van der Waals surface area (Å²) in [4.78, 5) is 36.8. The van der Waals surface area contributed by atoms with Crippen LogP contribution in [0, 0.1) is 0 Å². The molecule has 1 aliphatic rings. The number of nitrogens with one attached hydrogen (secondary N) is 1. The highest BCUT2D eigenvalue weighted by atomic mass is 32.1. The van der Waals surface area contributed by atoms with Gasteiger partial charge in [-0.3, -0.25) is 14.4 Å². The van der Waals surface area contributed by atoms with Gasteiger partial charge in [0, 0.05) is 11.3 Å². The molecule has 0 aliphatic heterocycles. The van der Waals surface area contributed by atoms with Gasteiger partial charge in [0.05, 0.1) is 5.56 Å². The zero-order valence-electron chi connectivity index (χ0n) is 14.2. The molecule has 8 heteroatoms. The average Bonchev–Trinajstić information content (AvgIpc) is 3.25. The Morgan fingerprint density at radius 3 is 2.77 bits per heavy atom. The van der Waals surface area contributed by atoms with Crippen molar-refractivity contribution in [3.8, 4) is 0 Å². The van der Waals surface area contributed by atoms with Gasteiger partial charge in [-0.15, -0.1) is 11.3 Å². The second-order valence-corrected chi connectivity index (χ2v) is 8.00. The molecule has 0 fully saturated rings. The van der Waals surface area contributed by atoms with Gasteiger partial charge in [0.15, 0.2) is 6.61 Å². The Bertz CT molecular complexity index is 812. The second-order valence-electron chi connectivity index (χ2n) is 6.12. The first-order valence-electron chi connectivity index (χ1n) is 8.45. The summed E-state index contributed by atoms with van der Waals surface area (Å²) in [5.74, 6) is -1.42. The number of hydrogen-bond donors (Lipinski definition) is 2. The van der Waals surface area contributed by atoms with Crippen LogP contribution < -0.4 is 11.1 Å². The molecule has 3 rings (SSSR count). The van der Waals surface area contributed by atoms with Crippen molar-refractivity contribution in [1.29, 1.82) is 0 Å². The minimum absolute atomic E-state index is 0.226. The number of carbonyl (C=O) groups is 3. The van der Waals surface area contributed by atoms with Crippen LogP contribution in [0.25, 0.3) is 0 Å². The van der Waals surface area contributed by atoms with Crippen molar-refractivity contribution >= 4 is 45.5 Å². The van der Waals surface area contributed by atoms with E-state index in [2.05, 4.69) is 5.32 Å². The molecule has 0 radical (unpaired) electrons. The van der Waals surface area contributed by atoms with Crippen LogP contribution in [0.4, 0.5) is 5.00 Å². The van der Waals surface area contributed by atoms with Gasteiger partial charge in [-0.05, 0) is 60.1 Å². The Kier molecular flexibility index (Phi) is 6.05. The molecule has 2 aromatic heterocycles. The number of carbonyl (C=O) groups excluding carboxylic acids is 3. The number of ether oxygens (including phenoxy) is 1. The Morgan fingerprint density at radius 2 is 2.04 bits per heavy atom. The molecule has 26 heavy (non-hydrogen) atoms. The molecule has 0 saturated heterocycles. The maximum atomic E-state index is 12.1. The van der Waals surface area contributed by atoms with Gasteiger partial charge in [-0.1, -0.05) is 0 Å². The van der Waals surface area contributed by atoms with Gasteiger partial charge in [0.25, 0.3) is 11.8 Å². The van der Waals surface area contributed by atoms with Crippen LogP contribution in [0.3, 0.4) is 0 Å². The lowest BCUT2D eigenvalue weighted by atomic mass is 9.95. The van der Waals surface area contributed by atoms with E-state index in [0.29, 0.717) is 17.0 Å². The predicted octanol–water partition coefficient (Wildman–Crippen LogP) is 2.90. The van der Waals surface area contributed by atoms with Gasteiger partial charge in [-0.25, -0.2) is 0 Å². The molecule has 2 heterocycles. The van der Waals surface area contributed by atoms with Crippen molar-refractivity contribution in [3.05, 3.63) is 38.4 Å². The standard InChI is InChI=1S/C18H20N2O4S2/c19-17(23)16-12-3-1-2-4-13(12)26-18(16)20-14(21)9-24-15(22)6-5-11-7-8-25-10-11/h7-8,10H,1-6,9H2,(H2,19,23)(H,20,21). The minimum atomic E-state index is -0.535. The van der Waals surface area contributed by atoms with Gasteiger partial charge in [0.2, 0.25) is 0 Å². The summed E-state index contributed by atoms with van der Waals surface area (Å²) in [5.41, 5.74) is 7.93. The number of fused-ring (bicyclic) bond motifs is 1. The van der Waals surface area contributed by atoms with Crippen LogP contribution in [0.5, 0.6) is 0 Å². The Hall–Kier alpha value is -2.19. The van der Waals surface area contributed by atoms with Crippen molar-refractivity contribution in [3.63, 3.8) is 0 Å². The van der Waals surface area contributed by atoms with E-state index in [9.17, 15) is 14.4 Å². The van der Waals surface area contributed by atoms with Gasteiger partial charge in [-0.2, -0.15) is 11.3 Å². The van der Waals surface area contributed by atoms with E-state index in [4.69, 9.17) is 10.5 Å². The van der Waals surface area contributed by atoms with Crippen molar-refractivity contribution in [2.75, 3.05) is 11.9 Å². The first kappa shape index (κ1) is 18.6. The lowest BCUT2D eigenvalue weighted by molar-refractivity contribution is -0.147. The smallest absolute Gasteiger partial charge is 0.306 e. The first-order valence-corrected chi connectivity index (χ1v) is 10.2. The van der Waals surface area contributed by atoms with Gasteiger partial charge in [0.1, 0.15) is 5.00 Å². The lowest BCUT2D eigenvalue weighted by Crippen LogP contribution is -2.23. The molecule has 6 nitrogen and oxygen atoms in total. The minimum Gasteiger partial charge on any atom is -0.456 e. The third kappa shape index (κ3) is 4.50. The number of hydrogen-bond acceptors (Lipinski definition) is 6. The first-order chi connectivity index (χ1) is 12.5. The molecule has 2 aromatic rings. The molecule has 3 N–H and O–H groups in total. The third-order valence-corrected chi connectivity index (χ3v) is 6.17. The molecular formula is C18H20N2O4S2. The Morgan fingerprint density at radius 1 is 1.23 bits per heavy atom. The molecule has 138 valence electrons. The lowest BCUT2D eigenvalue weighted by Gasteiger charge is -2.11. The van der Waals surface area contributed by atoms with E-state index in [0.717, 1.165) is 41.7 Å². The van der Waals surface area contributed by atoms with Crippen molar-refractivity contribution in [1.82, 2.24) is 0 Å². The summed E-state index contributed by atoms with van der Waals surface area (Å²) in [6.45, 7) is -0.372. The van der Waals surface area contributed by atoms with E-state index < -0.39 is 17.8 Å². The number of amides is 2. The third-order valence-electron chi connectivity index (χ3n) is 4.23. The quantitative estimate of drug-likeness (QED) is 0.708. The zero-order chi connectivity index (χ0) is 18.5. The molecule has 2 amide bonds. The Labute approximate surface area is 159 Å². The fourth-order valence-electron chi connectivity index (χ4n) is 2.98. The Balaban J connectivity index is 1.54. The SMILES string of the molecule is NC(=O)c1c(NC(=O)COC(=O)CCc2ccsc2)sc2c1CCCC2. The molecule has 0 bridgehead atoms. The second kappa shape index (κ2) is 8.46. The van der Waals surface area contributed by atoms with E-state index in [1.165, 1.54) is 11.3 Å². The number of primary amides is 1. The number of thiophene rings is 2. The van der Waals surface area contributed by atoms with E-state index in [-0.39, 0.29) is 13.0 Å². The molecule has 0 atom stereocenters. The van der Waals surface area contributed by atoms with Crippen LogP contribution in [0.1, 0.15) is 45.6 Å². The fourth-order valence-corrected chi connectivity index (χ4v) is 4.99. The molecule has 1 aliphatic carbocycles. The summed E-state index contributed by atoms with van der Waals surface area (Å²) >= 11 is 2.96. The van der Waals surface area contributed by atoms with E-state index in [1.807, 2.05) is 16.8 Å². The largest absolute Gasteiger partial charge is 0.456 e. The number of esters is 1.